The molecule has 4 nitrogen and oxygen atoms in total. The van der Waals surface area contributed by atoms with Crippen LogP contribution < -0.4 is 10.6 Å². The smallest absolute Gasteiger partial charge is 0.0992 e. The van der Waals surface area contributed by atoms with Gasteiger partial charge in [0.15, 0.2) is 0 Å². The molecule has 1 aromatic rings. The van der Waals surface area contributed by atoms with Gasteiger partial charge in [0.1, 0.15) is 0 Å². The van der Waals surface area contributed by atoms with Crippen molar-refractivity contribution in [2.45, 2.75) is 19.4 Å². The second kappa shape index (κ2) is 4.64. The van der Waals surface area contributed by atoms with E-state index in [4.69, 9.17) is 11.0 Å². The van der Waals surface area contributed by atoms with E-state index in [2.05, 4.69) is 17.9 Å². The Bertz CT molecular complexity index is 452. The third kappa shape index (κ3) is 2.34. The molecule has 0 saturated carbocycles. The van der Waals surface area contributed by atoms with Crippen molar-refractivity contribution in [1.82, 2.24) is 0 Å². The topological polar surface area (TPSA) is 73.3 Å². The summed E-state index contributed by atoms with van der Waals surface area (Å²) in [5.74, 6) is 0.339. The van der Waals surface area contributed by atoms with Gasteiger partial charge in [0, 0.05) is 13.1 Å². The highest BCUT2D eigenvalue weighted by molar-refractivity contribution is 5.69. The third-order valence-electron chi connectivity index (χ3n) is 3.42. The first-order chi connectivity index (χ1) is 8.11. The monoisotopic (exact) mass is 231 g/mol. The maximum atomic E-state index is 9.87. The highest BCUT2D eigenvalue weighted by Gasteiger charge is 2.25. The second-order valence-corrected chi connectivity index (χ2v) is 4.66. The van der Waals surface area contributed by atoms with E-state index in [0.29, 0.717) is 23.7 Å². The number of nitrogens with two attached hydrogens (primary N) is 1. The molecule has 0 aliphatic carbocycles. The minimum atomic E-state index is -0.307. The molecular formula is C13H17N3O. The highest BCUT2D eigenvalue weighted by Crippen LogP contribution is 2.28. The summed E-state index contributed by atoms with van der Waals surface area (Å²) in [5.41, 5.74) is 8.01. The van der Waals surface area contributed by atoms with Gasteiger partial charge in [0.05, 0.1) is 29.1 Å². The molecule has 1 aromatic carbocycles. The van der Waals surface area contributed by atoms with Gasteiger partial charge in [0.2, 0.25) is 0 Å². The van der Waals surface area contributed by atoms with E-state index in [-0.39, 0.29) is 6.10 Å². The van der Waals surface area contributed by atoms with E-state index in [0.717, 1.165) is 18.7 Å². The number of nitrogen functional groups attached to an aromatic ring is 1. The number of hydrogen-bond acceptors (Lipinski definition) is 4. The van der Waals surface area contributed by atoms with Crippen molar-refractivity contribution in [3.63, 3.8) is 0 Å². The summed E-state index contributed by atoms with van der Waals surface area (Å²) in [6.07, 6.45) is 0.652. The molecular weight excluding hydrogens is 214 g/mol. The molecule has 1 aliphatic heterocycles. The Kier molecular flexibility index (Phi) is 3.21. The van der Waals surface area contributed by atoms with Crippen LogP contribution in [0.2, 0.25) is 0 Å². The van der Waals surface area contributed by atoms with E-state index in [1.807, 2.05) is 6.07 Å². The zero-order chi connectivity index (χ0) is 12.4. The van der Waals surface area contributed by atoms with Crippen molar-refractivity contribution in [3.8, 4) is 6.07 Å². The minimum Gasteiger partial charge on any atom is -0.397 e. The minimum absolute atomic E-state index is 0.307. The molecule has 2 atom stereocenters. The predicted molar refractivity (Wildman–Crippen MR) is 67.6 cm³/mol. The van der Waals surface area contributed by atoms with Crippen molar-refractivity contribution >= 4 is 11.4 Å². The van der Waals surface area contributed by atoms with Crippen LogP contribution in [0.1, 0.15) is 18.9 Å². The zero-order valence-corrected chi connectivity index (χ0v) is 9.93. The maximum Gasteiger partial charge on any atom is 0.0992 e. The van der Waals surface area contributed by atoms with Gasteiger partial charge in [-0.05, 0) is 30.5 Å². The molecule has 0 aromatic heterocycles. The molecule has 1 aliphatic rings. The Morgan fingerprint density at radius 3 is 2.88 bits per heavy atom. The summed E-state index contributed by atoms with van der Waals surface area (Å²) in [4.78, 5) is 2.08. The summed E-state index contributed by atoms with van der Waals surface area (Å²) in [5, 5.41) is 18.6. The Morgan fingerprint density at radius 2 is 2.29 bits per heavy atom. The van der Waals surface area contributed by atoms with Crippen molar-refractivity contribution < 1.29 is 5.11 Å². The molecule has 1 heterocycles. The van der Waals surface area contributed by atoms with Gasteiger partial charge in [-0.3, -0.25) is 0 Å². The molecule has 0 amide bonds. The number of piperidine rings is 1. The number of rotatable bonds is 1. The van der Waals surface area contributed by atoms with Gasteiger partial charge < -0.3 is 15.7 Å². The molecule has 17 heavy (non-hydrogen) atoms. The molecule has 2 unspecified atom stereocenters. The first kappa shape index (κ1) is 11.7. The van der Waals surface area contributed by atoms with E-state index < -0.39 is 0 Å². The molecule has 4 heteroatoms. The summed E-state index contributed by atoms with van der Waals surface area (Å²) in [6.45, 7) is 3.57. The van der Waals surface area contributed by atoms with Gasteiger partial charge in [-0.15, -0.1) is 0 Å². The van der Waals surface area contributed by atoms with Gasteiger partial charge in [0.25, 0.3) is 0 Å². The predicted octanol–water partition coefficient (Wildman–Crippen LogP) is 1.35. The number of aliphatic hydroxyl groups excluding tert-OH is 1. The summed E-state index contributed by atoms with van der Waals surface area (Å²) in [7, 11) is 0. The lowest BCUT2D eigenvalue weighted by molar-refractivity contribution is 0.103. The fraction of sp³-hybridized carbons (Fsp3) is 0.462. The Labute approximate surface area is 101 Å². The Balaban J connectivity index is 2.21. The van der Waals surface area contributed by atoms with Gasteiger partial charge >= 0.3 is 0 Å². The van der Waals surface area contributed by atoms with E-state index in [1.54, 1.807) is 12.1 Å². The average Bonchev–Trinajstić information content (AvgIpc) is 2.32. The highest BCUT2D eigenvalue weighted by atomic mass is 16.3. The average molecular weight is 231 g/mol. The van der Waals surface area contributed by atoms with Crippen LogP contribution in [0.15, 0.2) is 18.2 Å². The second-order valence-electron chi connectivity index (χ2n) is 4.66. The lowest BCUT2D eigenvalue weighted by atomic mass is 9.95. The molecule has 3 N–H and O–H groups in total. The molecule has 90 valence electrons. The molecule has 1 saturated heterocycles. The maximum absolute atomic E-state index is 9.87. The van der Waals surface area contributed by atoms with Crippen molar-refractivity contribution in [2.75, 3.05) is 23.7 Å². The third-order valence-corrected chi connectivity index (χ3v) is 3.42. The largest absolute Gasteiger partial charge is 0.397 e. The zero-order valence-electron chi connectivity index (χ0n) is 9.93. The lowest BCUT2D eigenvalue weighted by Crippen LogP contribution is -2.43. The van der Waals surface area contributed by atoms with Crippen molar-refractivity contribution in [2.24, 2.45) is 5.92 Å². The van der Waals surface area contributed by atoms with E-state index >= 15 is 0 Å². The summed E-state index contributed by atoms with van der Waals surface area (Å²) in [6, 6.07) is 7.36. The Morgan fingerprint density at radius 1 is 1.53 bits per heavy atom. The van der Waals surface area contributed by atoms with Gasteiger partial charge in [-0.1, -0.05) is 6.92 Å². The fourth-order valence-electron chi connectivity index (χ4n) is 2.18. The lowest BCUT2D eigenvalue weighted by Gasteiger charge is -2.36. The van der Waals surface area contributed by atoms with Gasteiger partial charge in [-0.2, -0.15) is 5.26 Å². The summed E-state index contributed by atoms with van der Waals surface area (Å²) >= 11 is 0. The van der Waals surface area contributed by atoms with Crippen LogP contribution in [-0.4, -0.2) is 24.3 Å². The number of benzene rings is 1. The number of β-amino-alcohol motifs (C(OH)–C–C–N with tert-alkyl or cyclic N) is 1. The van der Waals surface area contributed by atoms with Crippen LogP contribution in [0.5, 0.6) is 0 Å². The SMILES string of the molecule is CC1CCN(c2ccc(C#N)cc2N)CC1O. The molecule has 1 fully saturated rings. The number of aliphatic hydroxyl groups is 1. The van der Waals surface area contributed by atoms with Crippen LogP contribution in [0.4, 0.5) is 11.4 Å². The van der Waals surface area contributed by atoms with E-state index in [1.165, 1.54) is 0 Å². The van der Waals surface area contributed by atoms with Crippen molar-refractivity contribution in [3.05, 3.63) is 23.8 Å². The molecule has 2 rings (SSSR count). The van der Waals surface area contributed by atoms with Crippen molar-refractivity contribution in [1.29, 1.82) is 5.26 Å². The Hall–Kier alpha value is -1.73. The molecule has 0 radical (unpaired) electrons. The number of nitrogens with zero attached hydrogens (tertiary/aromatic N) is 2. The van der Waals surface area contributed by atoms with Crippen LogP contribution in [-0.2, 0) is 0 Å². The number of nitriles is 1. The van der Waals surface area contributed by atoms with Crippen LogP contribution in [0.3, 0.4) is 0 Å². The first-order valence-corrected chi connectivity index (χ1v) is 5.84. The van der Waals surface area contributed by atoms with Crippen LogP contribution in [0, 0.1) is 17.2 Å². The summed E-state index contributed by atoms with van der Waals surface area (Å²) < 4.78 is 0. The normalized spacial score (nSPS) is 24.4. The standard InChI is InChI=1S/C13H17N3O/c1-9-4-5-16(8-13(9)17)12-3-2-10(7-14)6-11(12)15/h2-3,6,9,13,17H,4-5,8,15H2,1H3. The fourth-order valence-corrected chi connectivity index (χ4v) is 2.18. The van der Waals surface area contributed by atoms with Crippen LogP contribution in [0.25, 0.3) is 0 Å². The van der Waals surface area contributed by atoms with Crippen LogP contribution >= 0.6 is 0 Å². The van der Waals surface area contributed by atoms with E-state index in [9.17, 15) is 5.11 Å². The molecule has 0 spiro atoms. The number of anilines is 2. The first-order valence-electron chi connectivity index (χ1n) is 5.84. The number of hydrogen-bond donors (Lipinski definition) is 2. The molecule has 0 bridgehead atoms. The van der Waals surface area contributed by atoms with Gasteiger partial charge in [-0.25, -0.2) is 0 Å². The quantitative estimate of drug-likeness (QED) is 0.715.